The number of nitrogens with zero attached hydrogens (tertiary/aromatic N) is 2. The van der Waals surface area contributed by atoms with E-state index in [1.54, 1.807) is 53.7 Å². The Labute approximate surface area is 146 Å². The van der Waals surface area contributed by atoms with Crippen LogP contribution in [0.3, 0.4) is 0 Å². The Morgan fingerprint density at radius 2 is 1.68 bits per heavy atom. The van der Waals surface area contributed by atoms with Crippen LogP contribution in [0.1, 0.15) is 34.9 Å². The van der Waals surface area contributed by atoms with E-state index in [0.717, 1.165) is 12.8 Å². The third kappa shape index (κ3) is 4.03. The largest absolute Gasteiger partial charge is 0.386 e. The molecule has 1 unspecified atom stereocenters. The molecule has 2 amide bonds. The summed E-state index contributed by atoms with van der Waals surface area (Å²) in [5.41, 5.74) is 0.990. The predicted molar refractivity (Wildman–Crippen MR) is 92.7 cm³/mol. The highest BCUT2D eigenvalue weighted by molar-refractivity contribution is 5.97. The van der Waals surface area contributed by atoms with Crippen molar-refractivity contribution in [3.8, 4) is 0 Å². The standard InChI is InChI=1S/C19H21N3O3/c23-17(14-8-10-20-11-9-14)16(19(25)22-12-4-5-13-22)21-18(24)15-6-2-1-3-7-15/h1-3,6-11,16-17,23H,4-5,12-13H2,(H,21,24)/t16-,17?/m1/s1. The molecule has 2 heterocycles. The van der Waals surface area contributed by atoms with Crippen molar-refractivity contribution in [1.29, 1.82) is 0 Å². The quantitative estimate of drug-likeness (QED) is 0.866. The van der Waals surface area contributed by atoms with Crippen LogP contribution in [0.2, 0.25) is 0 Å². The summed E-state index contributed by atoms with van der Waals surface area (Å²) >= 11 is 0. The van der Waals surface area contributed by atoms with Gasteiger partial charge in [0.25, 0.3) is 5.91 Å². The molecule has 6 heteroatoms. The molecule has 6 nitrogen and oxygen atoms in total. The van der Waals surface area contributed by atoms with E-state index in [2.05, 4.69) is 10.3 Å². The fourth-order valence-corrected chi connectivity index (χ4v) is 2.98. The molecule has 1 saturated heterocycles. The van der Waals surface area contributed by atoms with Gasteiger partial charge in [0.15, 0.2) is 0 Å². The molecule has 0 saturated carbocycles. The van der Waals surface area contributed by atoms with Gasteiger partial charge in [-0.1, -0.05) is 18.2 Å². The lowest BCUT2D eigenvalue weighted by Gasteiger charge is -2.28. The molecule has 1 aliphatic rings. The molecule has 0 aliphatic carbocycles. The lowest BCUT2D eigenvalue weighted by atomic mass is 10.0. The molecule has 1 aliphatic heterocycles. The van der Waals surface area contributed by atoms with Gasteiger partial charge in [-0.3, -0.25) is 14.6 Å². The number of likely N-dealkylation sites (tertiary alicyclic amines) is 1. The summed E-state index contributed by atoms with van der Waals surface area (Å²) in [6.07, 6.45) is 3.85. The number of benzene rings is 1. The number of hydrogen-bond acceptors (Lipinski definition) is 4. The zero-order valence-corrected chi connectivity index (χ0v) is 13.8. The molecule has 1 aromatic heterocycles. The summed E-state index contributed by atoms with van der Waals surface area (Å²) < 4.78 is 0. The fourth-order valence-electron chi connectivity index (χ4n) is 2.98. The minimum absolute atomic E-state index is 0.258. The summed E-state index contributed by atoms with van der Waals surface area (Å²) in [6, 6.07) is 10.9. The first-order valence-corrected chi connectivity index (χ1v) is 8.39. The molecule has 1 fully saturated rings. The number of rotatable bonds is 5. The molecule has 2 N–H and O–H groups in total. The van der Waals surface area contributed by atoms with Crippen LogP contribution >= 0.6 is 0 Å². The maximum absolute atomic E-state index is 12.9. The molecule has 25 heavy (non-hydrogen) atoms. The number of aromatic nitrogens is 1. The number of carbonyl (C=O) groups is 2. The van der Waals surface area contributed by atoms with E-state index in [0.29, 0.717) is 24.2 Å². The fraction of sp³-hybridized carbons (Fsp3) is 0.316. The Morgan fingerprint density at radius 1 is 1.04 bits per heavy atom. The van der Waals surface area contributed by atoms with Crippen molar-refractivity contribution in [3.63, 3.8) is 0 Å². The van der Waals surface area contributed by atoms with Crippen LogP contribution in [0.15, 0.2) is 54.9 Å². The second-order valence-electron chi connectivity index (χ2n) is 6.07. The van der Waals surface area contributed by atoms with Gasteiger partial charge in [-0.15, -0.1) is 0 Å². The highest BCUT2D eigenvalue weighted by Crippen LogP contribution is 2.20. The van der Waals surface area contributed by atoms with E-state index in [9.17, 15) is 14.7 Å². The number of aliphatic hydroxyl groups excluding tert-OH is 1. The third-order valence-electron chi connectivity index (χ3n) is 4.37. The summed E-state index contributed by atoms with van der Waals surface area (Å²) in [4.78, 5) is 31.0. The van der Waals surface area contributed by atoms with Crippen LogP contribution in [0.4, 0.5) is 0 Å². The Hall–Kier alpha value is -2.73. The predicted octanol–water partition coefficient (Wildman–Crippen LogP) is 1.54. The van der Waals surface area contributed by atoms with Gasteiger partial charge >= 0.3 is 0 Å². The SMILES string of the molecule is O=C(N[C@@H](C(=O)N1CCCC1)C(O)c1ccncc1)c1ccccc1. The van der Waals surface area contributed by atoms with Gasteiger partial charge in [0.2, 0.25) is 5.91 Å². The van der Waals surface area contributed by atoms with E-state index >= 15 is 0 Å². The lowest BCUT2D eigenvalue weighted by molar-refractivity contribution is -0.135. The second-order valence-corrected chi connectivity index (χ2v) is 6.07. The summed E-state index contributed by atoms with van der Waals surface area (Å²) in [5, 5.41) is 13.4. The van der Waals surface area contributed by atoms with Crippen LogP contribution in [0.5, 0.6) is 0 Å². The zero-order valence-electron chi connectivity index (χ0n) is 13.8. The first-order chi connectivity index (χ1) is 12.2. The second kappa shape index (κ2) is 7.90. The molecule has 0 radical (unpaired) electrons. The van der Waals surface area contributed by atoms with Crippen molar-refractivity contribution >= 4 is 11.8 Å². The zero-order chi connectivity index (χ0) is 17.6. The van der Waals surface area contributed by atoms with Crippen molar-refractivity contribution in [3.05, 3.63) is 66.0 Å². The Bertz CT molecular complexity index is 715. The van der Waals surface area contributed by atoms with Crippen LogP contribution in [0.25, 0.3) is 0 Å². The number of hydrogen-bond donors (Lipinski definition) is 2. The minimum Gasteiger partial charge on any atom is -0.386 e. The molecule has 2 atom stereocenters. The van der Waals surface area contributed by atoms with E-state index in [1.165, 1.54) is 0 Å². The monoisotopic (exact) mass is 339 g/mol. The number of aliphatic hydroxyl groups is 1. The number of carbonyl (C=O) groups excluding carboxylic acids is 2. The molecular weight excluding hydrogens is 318 g/mol. The van der Waals surface area contributed by atoms with Gasteiger partial charge in [0.1, 0.15) is 12.1 Å². The van der Waals surface area contributed by atoms with Crippen LogP contribution in [-0.2, 0) is 4.79 Å². The van der Waals surface area contributed by atoms with Gasteiger partial charge in [0, 0.05) is 31.0 Å². The normalized spacial score (nSPS) is 16.3. The highest BCUT2D eigenvalue weighted by Gasteiger charge is 2.34. The summed E-state index contributed by atoms with van der Waals surface area (Å²) in [5.74, 6) is -0.641. The van der Waals surface area contributed by atoms with Crippen molar-refractivity contribution in [2.45, 2.75) is 25.0 Å². The Balaban J connectivity index is 1.83. The third-order valence-corrected chi connectivity index (χ3v) is 4.37. The molecule has 1 aromatic carbocycles. The van der Waals surface area contributed by atoms with Crippen LogP contribution in [0, 0.1) is 0 Å². The molecule has 2 aromatic rings. The Morgan fingerprint density at radius 3 is 2.32 bits per heavy atom. The van der Waals surface area contributed by atoms with E-state index in [1.807, 2.05) is 6.07 Å². The van der Waals surface area contributed by atoms with Gasteiger partial charge in [-0.05, 0) is 42.7 Å². The topological polar surface area (TPSA) is 82.5 Å². The molecular formula is C19H21N3O3. The van der Waals surface area contributed by atoms with Crippen LogP contribution in [-0.4, -0.2) is 45.9 Å². The highest BCUT2D eigenvalue weighted by atomic mass is 16.3. The van der Waals surface area contributed by atoms with Crippen molar-refractivity contribution in [1.82, 2.24) is 15.2 Å². The molecule has 130 valence electrons. The smallest absolute Gasteiger partial charge is 0.252 e. The molecule has 0 bridgehead atoms. The Kier molecular flexibility index (Phi) is 5.40. The van der Waals surface area contributed by atoms with E-state index in [4.69, 9.17) is 0 Å². The maximum atomic E-state index is 12.9. The number of pyridine rings is 1. The molecule has 3 rings (SSSR count). The first kappa shape index (κ1) is 17.1. The lowest BCUT2D eigenvalue weighted by Crippen LogP contribution is -2.51. The number of nitrogens with one attached hydrogen (secondary N) is 1. The first-order valence-electron chi connectivity index (χ1n) is 8.39. The number of amides is 2. The summed E-state index contributed by atoms with van der Waals surface area (Å²) in [6.45, 7) is 1.30. The average molecular weight is 339 g/mol. The van der Waals surface area contributed by atoms with Gasteiger partial charge in [0.05, 0.1) is 0 Å². The van der Waals surface area contributed by atoms with Crippen molar-refractivity contribution < 1.29 is 14.7 Å². The maximum Gasteiger partial charge on any atom is 0.252 e. The van der Waals surface area contributed by atoms with E-state index < -0.39 is 12.1 Å². The van der Waals surface area contributed by atoms with Crippen molar-refractivity contribution in [2.75, 3.05) is 13.1 Å². The van der Waals surface area contributed by atoms with E-state index in [-0.39, 0.29) is 11.8 Å². The summed E-state index contributed by atoms with van der Waals surface area (Å²) in [7, 11) is 0. The minimum atomic E-state index is -1.14. The average Bonchev–Trinajstić information content (AvgIpc) is 3.21. The van der Waals surface area contributed by atoms with Crippen LogP contribution < -0.4 is 5.32 Å². The van der Waals surface area contributed by atoms with Crippen molar-refractivity contribution in [2.24, 2.45) is 0 Å². The van der Waals surface area contributed by atoms with Gasteiger partial charge in [-0.25, -0.2) is 0 Å². The van der Waals surface area contributed by atoms with Gasteiger partial charge < -0.3 is 15.3 Å². The molecule has 0 spiro atoms. The van der Waals surface area contributed by atoms with Gasteiger partial charge in [-0.2, -0.15) is 0 Å².